The third-order valence-corrected chi connectivity index (χ3v) is 4.65. The first kappa shape index (κ1) is 18.5. The summed E-state index contributed by atoms with van der Waals surface area (Å²) in [6.07, 6.45) is 0. The molecule has 136 valence electrons. The maximum Gasteiger partial charge on any atom is 0.344 e. The SMILES string of the molecule is CCOC(=O)COc1ccc2c(C)nn(Cc3c(Cl)cccc3Cl)c2c1. The van der Waals surface area contributed by atoms with E-state index in [4.69, 9.17) is 32.7 Å². The van der Waals surface area contributed by atoms with E-state index in [1.54, 1.807) is 19.1 Å². The first-order valence-corrected chi connectivity index (χ1v) is 8.93. The van der Waals surface area contributed by atoms with Crippen LogP contribution >= 0.6 is 23.2 Å². The van der Waals surface area contributed by atoms with Gasteiger partial charge in [0, 0.05) is 27.1 Å². The van der Waals surface area contributed by atoms with Gasteiger partial charge in [-0.05, 0) is 38.1 Å². The van der Waals surface area contributed by atoms with E-state index in [2.05, 4.69) is 5.10 Å². The van der Waals surface area contributed by atoms with E-state index < -0.39 is 5.97 Å². The molecule has 1 aromatic heterocycles. The van der Waals surface area contributed by atoms with Gasteiger partial charge in [0.1, 0.15) is 5.75 Å². The summed E-state index contributed by atoms with van der Waals surface area (Å²) in [5.74, 6) is 0.164. The molecule has 3 rings (SSSR count). The van der Waals surface area contributed by atoms with Gasteiger partial charge in [-0.2, -0.15) is 5.10 Å². The number of rotatable bonds is 6. The lowest BCUT2D eigenvalue weighted by Gasteiger charge is -2.09. The molecule has 7 heteroatoms. The number of halogens is 2. The van der Waals surface area contributed by atoms with Gasteiger partial charge in [-0.3, -0.25) is 4.68 Å². The topological polar surface area (TPSA) is 53.4 Å². The van der Waals surface area contributed by atoms with Gasteiger partial charge in [-0.1, -0.05) is 29.3 Å². The normalized spacial score (nSPS) is 10.9. The van der Waals surface area contributed by atoms with Crippen molar-refractivity contribution < 1.29 is 14.3 Å². The predicted molar refractivity (Wildman–Crippen MR) is 102 cm³/mol. The van der Waals surface area contributed by atoms with Crippen LogP contribution in [0.15, 0.2) is 36.4 Å². The lowest BCUT2D eigenvalue weighted by atomic mass is 10.2. The average molecular weight is 393 g/mol. The van der Waals surface area contributed by atoms with Crippen molar-refractivity contribution in [1.29, 1.82) is 0 Å². The quantitative estimate of drug-likeness (QED) is 0.573. The zero-order valence-electron chi connectivity index (χ0n) is 14.5. The van der Waals surface area contributed by atoms with E-state index in [9.17, 15) is 4.79 Å². The van der Waals surface area contributed by atoms with E-state index >= 15 is 0 Å². The molecule has 0 atom stereocenters. The van der Waals surface area contributed by atoms with Crippen molar-refractivity contribution in [2.45, 2.75) is 20.4 Å². The van der Waals surface area contributed by atoms with E-state index in [0.29, 0.717) is 28.9 Å². The molecule has 0 saturated heterocycles. The Hall–Kier alpha value is -2.24. The molecule has 0 spiro atoms. The van der Waals surface area contributed by atoms with Crippen molar-refractivity contribution in [3.8, 4) is 5.75 Å². The largest absolute Gasteiger partial charge is 0.482 e. The van der Waals surface area contributed by atoms with Gasteiger partial charge in [-0.25, -0.2) is 4.79 Å². The number of hydrogen-bond acceptors (Lipinski definition) is 4. The van der Waals surface area contributed by atoms with Crippen molar-refractivity contribution in [1.82, 2.24) is 9.78 Å². The van der Waals surface area contributed by atoms with Crippen LogP contribution in [0.5, 0.6) is 5.75 Å². The number of esters is 1. The molecule has 3 aromatic rings. The number of carbonyl (C=O) groups excluding carboxylic acids is 1. The summed E-state index contributed by atoms with van der Waals surface area (Å²) in [5.41, 5.74) is 2.57. The Morgan fingerprint density at radius 1 is 1.19 bits per heavy atom. The Balaban J connectivity index is 1.91. The third-order valence-electron chi connectivity index (χ3n) is 3.94. The molecule has 0 aliphatic rings. The molecule has 1 heterocycles. The molecule has 0 amide bonds. The van der Waals surface area contributed by atoms with Crippen LogP contribution in [0, 0.1) is 6.92 Å². The molecular formula is C19H18Cl2N2O3. The number of aryl methyl sites for hydroxylation is 1. The van der Waals surface area contributed by atoms with Crippen LogP contribution in [0.25, 0.3) is 10.9 Å². The smallest absolute Gasteiger partial charge is 0.344 e. The first-order valence-electron chi connectivity index (χ1n) is 8.18. The van der Waals surface area contributed by atoms with Crippen molar-refractivity contribution in [3.63, 3.8) is 0 Å². The predicted octanol–water partition coefficient (Wildman–Crippen LogP) is 4.64. The minimum atomic E-state index is -0.403. The highest BCUT2D eigenvalue weighted by Gasteiger charge is 2.13. The fourth-order valence-electron chi connectivity index (χ4n) is 2.71. The Kier molecular flexibility index (Phi) is 5.69. The lowest BCUT2D eigenvalue weighted by Crippen LogP contribution is -2.14. The number of carbonyl (C=O) groups is 1. The van der Waals surface area contributed by atoms with Crippen LogP contribution in [0.1, 0.15) is 18.2 Å². The Labute approximate surface area is 161 Å². The molecule has 2 aromatic carbocycles. The minimum Gasteiger partial charge on any atom is -0.482 e. The maximum atomic E-state index is 11.5. The van der Waals surface area contributed by atoms with Gasteiger partial charge < -0.3 is 9.47 Å². The van der Waals surface area contributed by atoms with E-state index in [-0.39, 0.29) is 6.61 Å². The summed E-state index contributed by atoms with van der Waals surface area (Å²) in [5, 5.41) is 6.76. The van der Waals surface area contributed by atoms with Gasteiger partial charge in [0.15, 0.2) is 6.61 Å². The van der Waals surface area contributed by atoms with Crippen LogP contribution in [0.3, 0.4) is 0 Å². The molecule has 5 nitrogen and oxygen atoms in total. The Bertz CT molecular complexity index is 933. The Morgan fingerprint density at radius 2 is 1.92 bits per heavy atom. The van der Waals surface area contributed by atoms with E-state index in [0.717, 1.165) is 22.2 Å². The molecule has 0 aliphatic heterocycles. The van der Waals surface area contributed by atoms with Crippen molar-refractivity contribution >= 4 is 40.1 Å². The number of ether oxygens (including phenoxy) is 2. The number of nitrogens with zero attached hydrogens (tertiary/aromatic N) is 2. The van der Waals surface area contributed by atoms with Gasteiger partial charge in [-0.15, -0.1) is 0 Å². The zero-order chi connectivity index (χ0) is 18.7. The number of benzene rings is 2. The highest BCUT2D eigenvalue weighted by atomic mass is 35.5. The molecule has 0 saturated carbocycles. The summed E-state index contributed by atoms with van der Waals surface area (Å²) >= 11 is 12.6. The van der Waals surface area contributed by atoms with Crippen molar-refractivity contribution in [2.24, 2.45) is 0 Å². The monoisotopic (exact) mass is 392 g/mol. The fourth-order valence-corrected chi connectivity index (χ4v) is 3.23. The van der Waals surface area contributed by atoms with Crippen LogP contribution in [-0.2, 0) is 16.1 Å². The fraction of sp³-hybridized carbons (Fsp3) is 0.263. The van der Waals surface area contributed by atoms with Crippen molar-refractivity contribution in [3.05, 3.63) is 57.7 Å². The second-order valence-electron chi connectivity index (χ2n) is 5.72. The van der Waals surface area contributed by atoms with Gasteiger partial charge in [0.05, 0.1) is 24.4 Å². The van der Waals surface area contributed by atoms with Gasteiger partial charge in [0.2, 0.25) is 0 Å². The average Bonchev–Trinajstić information content (AvgIpc) is 2.92. The van der Waals surface area contributed by atoms with Crippen LogP contribution in [0.2, 0.25) is 10.0 Å². The molecule has 0 aliphatic carbocycles. The summed E-state index contributed by atoms with van der Waals surface area (Å²) in [6, 6.07) is 11.0. The molecule has 0 fully saturated rings. The number of hydrogen-bond donors (Lipinski definition) is 0. The molecule has 0 unspecified atom stereocenters. The maximum absolute atomic E-state index is 11.5. The summed E-state index contributed by atoms with van der Waals surface area (Å²) in [6.45, 7) is 4.32. The summed E-state index contributed by atoms with van der Waals surface area (Å²) in [4.78, 5) is 11.5. The summed E-state index contributed by atoms with van der Waals surface area (Å²) < 4.78 is 12.2. The number of fused-ring (bicyclic) bond motifs is 1. The van der Waals surface area contributed by atoms with Gasteiger partial charge >= 0.3 is 5.97 Å². The number of aromatic nitrogens is 2. The standard InChI is InChI=1S/C19H18Cl2N2O3/c1-3-25-19(24)11-26-13-7-8-14-12(2)22-23(18(14)9-13)10-15-16(20)5-4-6-17(15)21/h4-9H,3,10-11H2,1-2H3. The van der Waals surface area contributed by atoms with E-state index in [1.165, 1.54) is 0 Å². The van der Waals surface area contributed by atoms with Crippen molar-refractivity contribution in [2.75, 3.05) is 13.2 Å². The first-order chi connectivity index (χ1) is 12.5. The van der Waals surface area contributed by atoms with Crippen LogP contribution in [-0.4, -0.2) is 29.0 Å². The highest BCUT2D eigenvalue weighted by molar-refractivity contribution is 6.36. The second-order valence-corrected chi connectivity index (χ2v) is 6.53. The summed E-state index contributed by atoms with van der Waals surface area (Å²) in [7, 11) is 0. The molecule has 0 bridgehead atoms. The minimum absolute atomic E-state index is 0.136. The molecule has 0 N–H and O–H groups in total. The zero-order valence-corrected chi connectivity index (χ0v) is 16.0. The third kappa shape index (κ3) is 3.94. The van der Waals surface area contributed by atoms with Crippen LogP contribution in [0.4, 0.5) is 0 Å². The molecule has 0 radical (unpaired) electrons. The molecular weight excluding hydrogens is 375 g/mol. The highest BCUT2D eigenvalue weighted by Crippen LogP contribution is 2.28. The van der Waals surface area contributed by atoms with Gasteiger partial charge in [0.25, 0.3) is 0 Å². The second kappa shape index (κ2) is 7.98. The Morgan fingerprint density at radius 3 is 2.62 bits per heavy atom. The van der Waals surface area contributed by atoms with Crippen LogP contribution < -0.4 is 4.74 Å². The lowest BCUT2D eigenvalue weighted by molar-refractivity contribution is -0.145. The van der Waals surface area contributed by atoms with E-state index in [1.807, 2.05) is 35.9 Å². The molecule has 26 heavy (non-hydrogen) atoms.